The molecular formula is C22H23N5O2S2. The maximum absolute atomic E-state index is 12.6. The Balaban J connectivity index is 1.59. The number of nitrogens with zero attached hydrogens (tertiary/aromatic N) is 4. The van der Waals surface area contributed by atoms with E-state index < -0.39 is 10.0 Å². The average molecular weight is 454 g/mol. The molecule has 0 radical (unpaired) electrons. The highest BCUT2D eigenvalue weighted by Crippen LogP contribution is 2.33. The van der Waals surface area contributed by atoms with Crippen molar-refractivity contribution < 1.29 is 8.42 Å². The van der Waals surface area contributed by atoms with Crippen molar-refractivity contribution in [2.75, 3.05) is 4.72 Å². The highest BCUT2D eigenvalue weighted by molar-refractivity contribution is 7.99. The molecule has 7 nitrogen and oxygen atoms in total. The van der Waals surface area contributed by atoms with Gasteiger partial charge in [-0.15, -0.1) is 0 Å². The summed E-state index contributed by atoms with van der Waals surface area (Å²) < 4.78 is 29.6. The number of sulfonamides is 1. The maximum Gasteiger partial charge on any atom is 0.261 e. The standard InChI is InChI=1S/C22H23N5O2S2/c1-4-5-20-16(3)25-22-23-14-24-27(22)21(20)30-18-10-8-17(9-11-18)26-31(28,29)19-12-6-15(2)7-13-19/h6-14,26H,4-5H2,1-3H3. The van der Waals surface area contributed by atoms with Crippen LogP contribution in [0.2, 0.25) is 0 Å². The number of rotatable bonds is 7. The van der Waals surface area contributed by atoms with E-state index >= 15 is 0 Å². The Morgan fingerprint density at radius 1 is 1.03 bits per heavy atom. The zero-order valence-corrected chi connectivity index (χ0v) is 19.2. The van der Waals surface area contributed by atoms with Gasteiger partial charge < -0.3 is 0 Å². The monoisotopic (exact) mass is 453 g/mol. The van der Waals surface area contributed by atoms with Crippen LogP contribution in [0.5, 0.6) is 0 Å². The van der Waals surface area contributed by atoms with Gasteiger partial charge in [-0.1, -0.05) is 42.8 Å². The Bertz CT molecular complexity index is 1310. The largest absolute Gasteiger partial charge is 0.280 e. The lowest BCUT2D eigenvalue weighted by Crippen LogP contribution is -2.12. The lowest BCUT2D eigenvalue weighted by atomic mass is 10.1. The number of aromatic nitrogens is 4. The number of hydrogen-bond acceptors (Lipinski definition) is 6. The second-order valence-electron chi connectivity index (χ2n) is 7.25. The summed E-state index contributed by atoms with van der Waals surface area (Å²) in [5.74, 6) is 0.572. The van der Waals surface area contributed by atoms with Gasteiger partial charge in [0, 0.05) is 21.8 Å². The molecule has 4 rings (SSSR count). The minimum absolute atomic E-state index is 0.238. The van der Waals surface area contributed by atoms with Crippen LogP contribution in [0.15, 0.2) is 69.7 Å². The predicted octanol–water partition coefficient (Wildman–Crippen LogP) is 4.65. The van der Waals surface area contributed by atoms with Gasteiger partial charge >= 0.3 is 0 Å². The van der Waals surface area contributed by atoms with Crippen LogP contribution < -0.4 is 4.72 Å². The van der Waals surface area contributed by atoms with Crippen molar-refractivity contribution in [2.24, 2.45) is 0 Å². The fourth-order valence-corrected chi connectivity index (χ4v) is 5.37. The van der Waals surface area contributed by atoms with Crippen molar-refractivity contribution >= 4 is 33.3 Å². The van der Waals surface area contributed by atoms with Gasteiger partial charge in [-0.2, -0.15) is 14.6 Å². The molecule has 0 atom stereocenters. The number of aryl methyl sites for hydroxylation is 2. The Labute approximate surface area is 186 Å². The molecule has 1 N–H and O–H groups in total. The Morgan fingerprint density at radius 2 is 1.74 bits per heavy atom. The van der Waals surface area contributed by atoms with E-state index in [4.69, 9.17) is 0 Å². The normalized spacial score (nSPS) is 11.7. The Hall–Kier alpha value is -2.91. The molecule has 0 fully saturated rings. The zero-order valence-electron chi connectivity index (χ0n) is 17.5. The highest BCUT2D eigenvalue weighted by atomic mass is 32.2. The molecule has 0 spiro atoms. The first-order chi connectivity index (χ1) is 14.9. The molecule has 0 saturated heterocycles. The van der Waals surface area contributed by atoms with Crippen LogP contribution in [0.25, 0.3) is 5.78 Å². The molecule has 0 unspecified atom stereocenters. The lowest BCUT2D eigenvalue weighted by molar-refractivity contribution is 0.601. The van der Waals surface area contributed by atoms with Crippen molar-refractivity contribution in [2.45, 2.75) is 48.4 Å². The van der Waals surface area contributed by atoms with Crippen molar-refractivity contribution in [1.82, 2.24) is 19.6 Å². The minimum Gasteiger partial charge on any atom is -0.280 e. The van der Waals surface area contributed by atoms with Crippen LogP contribution in [0.3, 0.4) is 0 Å². The van der Waals surface area contributed by atoms with Crippen LogP contribution in [0, 0.1) is 13.8 Å². The molecule has 2 heterocycles. The number of hydrogen-bond donors (Lipinski definition) is 1. The molecule has 0 aliphatic carbocycles. The number of nitrogens with one attached hydrogen (secondary N) is 1. The smallest absolute Gasteiger partial charge is 0.261 e. The lowest BCUT2D eigenvalue weighted by Gasteiger charge is -2.13. The van der Waals surface area contributed by atoms with E-state index in [1.807, 2.05) is 26.0 Å². The van der Waals surface area contributed by atoms with E-state index in [1.54, 1.807) is 52.7 Å². The van der Waals surface area contributed by atoms with Gasteiger partial charge in [-0.3, -0.25) is 4.72 Å². The molecule has 31 heavy (non-hydrogen) atoms. The summed E-state index contributed by atoms with van der Waals surface area (Å²) in [6.07, 6.45) is 3.39. The number of anilines is 1. The third kappa shape index (κ3) is 4.57. The van der Waals surface area contributed by atoms with Gasteiger partial charge in [0.05, 0.1) is 4.90 Å². The summed E-state index contributed by atoms with van der Waals surface area (Å²) in [6.45, 7) is 6.05. The second-order valence-corrected chi connectivity index (χ2v) is 9.99. The molecule has 4 aromatic rings. The Morgan fingerprint density at radius 3 is 2.42 bits per heavy atom. The fraction of sp³-hybridized carbons (Fsp3) is 0.227. The molecule has 2 aromatic carbocycles. The van der Waals surface area contributed by atoms with Gasteiger partial charge in [-0.25, -0.2) is 13.4 Å². The van der Waals surface area contributed by atoms with E-state index in [0.29, 0.717) is 11.5 Å². The number of fused-ring (bicyclic) bond motifs is 1. The van der Waals surface area contributed by atoms with Crippen LogP contribution >= 0.6 is 11.8 Å². The van der Waals surface area contributed by atoms with Gasteiger partial charge in [-0.05, 0) is 56.7 Å². The summed E-state index contributed by atoms with van der Waals surface area (Å²) in [7, 11) is -3.63. The van der Waals surface area contributed by atoms with E-state index in [0.717, 1.165) is 39.6 Å². The van der Waals surface area contributed by atoms with Crippen LogP contribution in [0.4, 0.5) is 5.69 Å². The van der Waals surface area contributed by atoms with Crippen molar-refractivity contribution in [3.8, 4) is 0 Å². The quantitative estimate of drug-likeness (QED) is 0.410. The highest BCUT2D eigenvalue weighted by Gasteiger charge is 2.16. The molecule has 2 aromatic heterocycles. The summed E-state index contributed by atoms with van der Waals surface area (Å²) in [5, 5.41) is 5.32. The number of benzene rings is 2. The molecule has 9 heteroatoms. The summed E-state index contributed by atoms with van der Waals surface area (Å²) in [5.41, 5.74) is 3.62. The van der Waals surface area contributed by atoms with Crippen LogP contribution in [0.1, 0.15) is 30.2 Å². The molecule has 0 aliphatic heterocycles. The molecular weight excluding hydrogens is 430 g/mol. The molecule has 0 bridgehead atoms. The van der Waals surface area contributed by atoms with Gasteiger partial charge in [0.25, 0.3) is 15.8 Å². The van der Waals surface area contributed by atoms with Gasteiger partial charge in [0.1, 0.15) is 11.4 Å². The van der Waals surface area contributed by atoms with Gasteiger partial charge in [0.2, 0.25) is 0 Å². The summed E-state index contributed by atoms with van der Waals surface area (Å²) >= 11 is 1.57. The van der Waals surface area contributed by atoms with E-state index in [9.17, 15) is 8.42 Å². The fourth-order valence-electron chi connectivity index (χ4n) is 3.23. The van der Waals surface area contributed by atoms with E-state index in [-0.39, 0.29) is 4.90 Å². The molecule has 0 saturated carbocycles. The topological polar surface area (TPSA) is 89.2 Å². The van der Waals surface area contributed by atoms with Crippen molar-refractivity contribution in [3.63, 3.8) is 0 Å². The third-order valence-corrected chi connectivity index (χ3v) is 7.35. The molecule has 0 aliphatic rings. The van der Waals surface area contributed by atoms with Crippen LogP contribution in [-0.2, 0) is 16.4 Å². The second kappa shape index (κ2) is 8.68. The van der Waals surface area contributed by atoms with Crippen molar-refractivity contribution in [1.29, 1.82) is 0 Å². The average Bonchev–Trinajstić information content (AvgIpc) is 3.20. The molecule has 0 amide bonds. The van der Waals surface area contributed by atoms with E-state index in [1.165, 1.54) is 6.33 Å². The van der Waals surface area contributed by atoms with Crippen LogP contribution in [-0.4, -0.2) is 28.0 Å². The first-order valence-corrected chi connectivity index (χ1v) is 12.2. The Kier molecular flexibility index (Phi) is 5.97. The molecule has 160 valence electrons. The predicted molar refractivity (Wildman–Crippen MR) is 122 cm³/mol. The minimum atomic E-state index is -3.63. The summed E-state index contributed by atoms with van der Waals surface area (Å²) in [6, 6.07) is 14.1. The van der Waals surface area contributed by atoms with Gasteiger partial charge in [0.15, 0.2) is 0 Å². The third-order valence-electron chi connectivity index (χ3n) is 4.84. The SMILES string of the molecule is CCCc1c(C)nc2ncnn2c1Sc1ccc(NS(=O)(=O)c2ccc(C)cc2)cc1. The first kappa shape index (κ1) is 21.3. The van der Waals surface area contributed by atoms with E-state index in [2.05, 4.69) is 26.7 Å². The zero-order chi connectivity index (χ0) is 22.0. The summed E-state index contributed by atoms with van der Waals surface area (Å²) in [4.78, 5) is 9.97. The maximum atomic E-state index is 12.6. The first-order valence-electron chi connectivity index (χ1n) is 9.94. The van der Waals surface area contributed by atoms with Crippen molar-refractivity contribution in [3.05, 3.63) is 71.7 Å².